The molecule has 0 heterocycles. The van der Waals surface area contributed by atoms with E-state index >= 15 is 0 Å². The van der Waals surface area contributed by atoms with Gasteiger partial charge in [-0.2, -0.15) is 4.72 Å². The standard InChI is InChI=1S/C10H10BrClN2O3S/c11-7-2-1-6(5-8(7)12)18(16,17)14-10(3-4-10)9(13)15/h1-2,5,14H,3-4H2,(H2,13,15). The summed E-state index contributed by atoms with van der Waals surface area (Å²) in [7, 11) is -3.80. The van der Waals surface area contributed by atoms with Crippen LogP contribution in [0.25, 0.3) is 0 Å². The minimum Gasteiger partial charge on any atom is -0.368 e. The smallest absolute Gasteiger partial charge is 0.241 e. The molecule has 18 heavy (non-hydrogen) atoms. The van der Waals surface area contributed by atoms with E-state index in [1.807, 2.05) is 0 Å². The molecule has 1 amide bonds. The maximum atomic E-state index is 12.1. The molecule has 0 radical (unpaired) electrons. The summed E-state index contributed by atoms with van der Waals surface area (Å²) in [6, 6.07) is 4.24. The zero-order valence-electron chi connectivity index (χ0n) is 9.11. The molecule has 1 fully saturated rings. The van der Waals surface area contributed by atoms with E-state index in [1.54, 1.807) is 0 Å². The summed E-state index contributed by atoms with van der Waals surface area (Å²) in [6.07, 6.45) is 0.845. The average Bonchev–Trinajstić information content (AvgIpc) is 3.02. The van der Waals surface area contributed by atoms with E-state index in [9.17, 15) is 13.2 Å². The van der Waals surface area contributed by atoms with Gasteiger partial charge in [0.2, 0.25) is 15.9 Å². The molecule has 2 rings (SSSR count). The van der Waals surface area contributed by atoms with Crippen LogP contribution in [0.15, 0.2) is 27.6 Å². The number of rotatable bonds is 4. The van der Waals surface area contributed by atoms with Gasteiger partial charge in [0.15, 0.2) is 0 Å². The molecule has 3 N–H and O–H groups in total. The first-order valence-corrected chi connectivity index (χ1v) is 7.71. The molecule has 1 aliphatic rings. The number of sulfonamides is 1. The zero-order valence-corrected chi connectivity index (χ0v) is 12.3. The second-order valence-electron chi connectivity index (χ2n) is 4.13. The monoisotopic (exact) mass is 352 g/mol. The Kier molecular flexibility index (Phi) is 3.44. The highest BCUT2D eigenvalue weighted by Gasteiger charge is 2.51. The van der Waals surface area contributed by atoms with Crippen LogP contribution in [0.1, 0.15) is 12.8 Å². The van der Waals surface area contributed by atoms with E-state index in [0.29, 0.717) is 17.3 Å². The molecule has 1 aliphatic carbocycles. The molecule has 0 bridgehead atoms. The lowest BCUT2D eigenvalue weighted by molar-refractivity contribution is -0.120. The first kappa shape index (κ1) is 13.8. The number of carbonyl (C=O) groups excluding carboxylic acids is 1. The van der Waals surface area contributed by atoms with Gasteiger partial charge in [-0.05, 0) is 47.0 Å². The van der Waals surface area contributed by atoms with Crippen LogP contribution in [0.3, 0.4) is 0 Å². The number of nitrogens with two attached hydrogens (primary N) is 1. The van der Waals surface area contributed by atoms with Crippen molar-refractivity contribution >= 4 is 43.5 Å². The van der Waals surface area contributed by atoms with Crippen molar-refractivity contribution < 1.29 is 13.2 Å². The van der Waals surface area contributed by atoms with Gasteiger partial charge in [-0.1, -0.05) is 11.6 Å². The van der Waals surface area contributed by atoms with Crippen LogP contribution in [-0.4, -0.2) is 19.9 Å². The molecule has 0 unspecified atom stereocenters. The molecule has 1 aromatic rings. The van der Waals surface area contributed by atoms with Crippen LogP contribution in [0.5, 0.6) is 0 Å². The second kappa shape index (κ2) is 4.48. The first-order chi connectivity index (χ1) is 8.27. The van der Waals surface area contributed by atoms with Crippen molar-refractivity contribution in [3.63, 3.8) is 0 Å². The third kappa shape index (κ3) is 2.54. The van der Waals surface area contributed by atoms with Gasteiger partial charge >= 0.3 is 0 Å². The normalized spacial score (nSPS) is 17.4. The molecule has 1 aromatic carbocycles. The van der Waals surface area contributed by atoms with E-state index in [2.05, 4.69) is 20.7 Å². The van der Waals surface area contributed by atoms with Crippen molar-refractivity contribution in [2.24, 2.45) is 5.73 Å². The minimum absolute atomic E-state index is 0.00299. The fourth-order valence-corrected chi connectivity index (χ4v) is 3.43. The van der Waals surface area contributed by atoms with Crippen molar-refractivity contribution in [2.75, 3.05) is 0 Å². The zero-order chi connectivity index (χ0) is 13.6. The Bertz CT molecular complexity index is 614. The molecule has 0 atom stereocenters. The van der Waals surface area contributed by atoms with Gasteiger partial charge in [0.1, 0.15) is 5.54 Å². The van der Waals surface area contributed by atoms with Gasteiger partial charge in [-0.25, -0.2) is 8.42 Å². The van der Waals surface area contributed by atoms with E-state index in [-0.39, 0.29) is 9.92 Å². The summed E-state index contributed by atoms with van der Waals surface area (Å²) >= 11 is 9.01. The molecular formula is C10H10BrClN2O3S. The molecule has 0 aromatic heterocycles. The highest BCUT2D eigenvalue weighted by Crippen LogP contribution is 2.37. The summed E-state index contributed by atoms with van der Waals surface area (Å²) < 4.78 is 27.1. The Morgan fingerprint density at radius 1 is 1.44 bits per heavy atom. The van der Waals surface area contributed by atoms with Crippen molar-refractivity contribution in [1.82, 2.24) is 4.72 Å². The lowest BCUT2D eigenvalue weighted by Crippen LogP contribution is -2.46. The molecule has 98 valence electrons. The van der Waals surface area contributed by atoms with E-state index < -0.39 is 21.5 Å². The van der Waals surface area contributed by atoms with Crippen molar-refractivity contribution in [3.8, 4) is 0 Å². The van der Waals surface area contributed by atoms with E-state index in [0.717, 1.165) is 0 Å². The Labute approximate surface area is 118 Å². The van der Waals surface area contributed by atoms with Crippen LogP contribution >= 0.6 is 27.5 Å². The van der Waals surface area contributed by atoms with E-state index in [1.165, 1.54) is 18.2 Å². The summed E-state index contributed by atoms with van der Waals surface area (Å²) in [4.78, 5) is 11.2. The van der Waals surface area contributed by atoms with Gasteiger partial charge < -0.3 is 5.73 Å². The molecule has 1 saturated carbocycles. The lowest BCUT2D eigenvalue weighted by Gasteiger charge is -2.14. The summed E-state index contributed by atoms with van der Waals surface area (Å²) in [5, 5.41) is 0.279. The maximum Gasteiger partial charge on any atom is 0.241 e. The molecule has 0 saturated heterocycles. The minimum atomic E-state index is -3.80. The van der Waals surface area contributed by atoms with Gasteiger partial charge in [0.05, 0.1) is 9.92 Å². The van der Waals surface area contributed by atoms with Gasteiger partial charge in [0, 0.05) is 4.47 Å². The molecular weight excluding hydrogens is 344 g/mol. The third-order valence-electron chi connectivity index (χ3n) is 2.75. The Morgan fingerprint density at radius 2 is 2.06 bits per heavy atom. The van der Waals surface area contributed by atoms with Crippen LogP contribution in [-0.2, 0) is 14.8 Å². The van der Waals surface area contributed by atoms with E-state index in [4.69, 9.17) is 17.3 Å². The summed E-state index contributed by atoms with van der Waals surface area (Å²) in [5.74, 6) is -0.658. The molecule has 8 heteroatoms. The highest BCUT2D eigenvalue weighted by atomic mass is 79.9. The summed E-state index contributed by atoms with van der Waals surface area (Å²) in [5.41, 5.74) is 4.05. The Morgan fingerprint density at radius 3 is 2.50 bits per heavy atom. The number of carbonyl (C=O) groups is 1. The predicted molar refractivity (Wildman–Crippen MR) is 70.6 cm³/mol. The third-order valence-corrected chi connectivity index (χ3v) is 5.52. The SMILES string of the molecule is NC(=O)C1(NS(=O)(=O)c2ccc(Br)c(Cl)c2)CC1. The topological polar surface area (TPSA) is 89.3 Å². The Balaban J connectivity index is 2.32. The fraction of sp³-hybridized carbons (Fsp3) is 0.300. The van der Waals surface area contributed by atoms with Crippen molar-refractivity contribution in [3.05, 3.63) is 27.7 Å². The Hall–Kier alpha value is -0.630. The number of hydrogen-bond donors (Lipinski definition) is 2. The van der Waals surface area contributed by atoms with Crippen LogP contribution in [0.2, 0.25) is 5.02 Å². The highest BCUT2D eigenvalue weighted by molar-refractivity contribution is 9.10. The number of benzene rings is 1. The number of primary amides is 1. The number of nitrogens with one attached hydrogen (secondary N) is 1. The van der Waals surface area contributed by atoms with Crippen LogP contribution in [0, 0.1) is 0 Å². The molecule has 5 nitrogen and oxygen atoms in total. The van der Waals surface area contributed by atoms with Gasteiger partial charge in [-0.15, -0.1) is 0 Å². The number of halogens is 2. The van der Waals surface area contributed by atoms with Gasteiger partial charge in [-0.3, -0.25) is 4.79 Å². The van der Waals surface area contributed by atoms with Crippen molar-refractivity contribution in [1.29, 1.82) is 0 Å². The van der Waals surface area contributed by atoms with Crippen molar-refractivity contribution in [2.45, 2.75) is 23.3 Å². The van der Waals surface area contributed by atoms with Crippen LogP contribution < -0.4 is 10.5 Å². The lowest BCUT2D eigenvalue weighted by atomic mass is 10.3. The average molecular weight is 354 g/mol. The van der Waals surface area contributed by atoms with Gasteiger partial charge in [0.25, 0.3) is 0 Å². The number of hydrogen-bond acceptors (Lipinski definition) is 3. The first-order valence-electron chi connectivity index (χ1n) is 5.06. The number of amides is 1. The molecule has 0 spiro atoms. The summed E-state index contributed by atoms with van der Waals surface area (Å²) in [6.45, 7) is 0. The molecule has 0 aliphatic heterocycles. The van der Waals surface area contributed by atoms with Crippen LogP contribution in [0.4, 0.5) is 0 Å². The largest absolute Gasteiger partial charge is 0.368 e. The quantitative estimate of drug-likeness (QED) is 0.857. The predicted octanol–water partition coefficient (Wildman–Crippen LogP) is 1.40. The maximum absolute atomic E-state index is 12.1. The fourth-order valence-electron chi connectivity index (χ4n) is 1.48. The second-order valence-corrected chi connectivity index (χ2v) is 7.07.